The van der Waals surface area contributed by atoms with Crippen LogP contribution in [0.3, 0.4) is 0 Å². The number of halogens is 1. The van der Waals surface area contributed by atoms with Crippen LogP contribution in [0.5, 0.6) is 0 Å². The number of hydrogen-bond donors (Lipinski definition) is 1. The fourth-order valence-corrected chi connectivity index (χ4v) is 3.08. The van der Waals surface area contributed by atoms with Crippen molar-refractivity contribution in [3.8, 4) is 0 Å². The Hall–Kier alpha value is -1.58. The van der Waals surface area contributed by atoms with E-state index in [4.69, 9.17) is 23.8 Å². The van der Waals surface area contributed by atoms with Crippen LogP contribution < -0.4 is 0 Å². The number of hydrogen-bond acceptors (Lipinski definition) is 1. The number of imidazole rings is 1. The van der Waals surface area contributed by atoms with E-state index in [1.54, 1.807) is 0 Å². The molecule has 0 saturated heterocycles. The zero-order chi connectivity index (χ0) is 14.1. The molecule has 0 aliphatic rings. The second-order valence-corrected chi connectivity index (χ2v) is 5.69. The number of benzene rings is 2. The minimum absolute atomic E-state index is 0.724. The zero-order valence-corrected chi connectivity index (χ0v) is 12.8. The van der Waals surface area contributed by atoms with Crippen molar-refractivity contribution >= 4 is 34.9 Å². The molecule has 3 rings (SSSR count). The number of aromatic amines is 1. The molecule has 0 radical (unpaired) electrons. The summed E-state index contributed by atoms with van der Waals surface area (Å²) in [7, 11) is 0. The van der Waals surface area contributed by atoms with Crippen molar-refractivity contribution in [1.82, 2.24) is 9.55 Å². The fraction of sp³-hybridized carbons (Fsp3) is 0.188. The Balaban J connectivity index is 1.98. The van der Waals surface area contributed by atoms with E-state index in [2.05, 4.69) is 40.7 Å². The third-order valence-electron chi connectivity index (χ3n) is 3.61. The van der Waals surface area contributed by atoms with Crippen molar-refractivity contribution in [3.05, 3.63) is 63.4 Å². The second-order valence-electron chi connectivity index (χ2n) is 4.89. The Morgan fingerprint density at radius 3 is 2.75 bits per heavy atom. The number of fused-ring (bicyclic) bond motifs is 1. The van der Waals surface area contributed by atoms with Gasteiger partial charge in [0.05, 0.1) is 16.1 Å². The van der Waals surface area contributed by atoms with Gasteiger partial charge in [-0.15, -0.1) is 0 Å². The Labute approximate surface area is 128 Å². The van der Waals surface area contributed by atoms with Crippen LogP contribution in [0.4, 0.5) is 0 Å². The van der Waals surface area contributed by atoms with Gasteiger partial charge in [0.15, 0.2) is 4.77 Å². The molecule has 0 atom stereocenters. The van der Waals surface area contributed by atoms with Gasteiger partial charge in [-0.05, 0) is 48.8 Å². The SMILES string of the molecule is Cc1ccccc1CCn1c(=S)[nH]c2cccc(Cl)c21. The molecular formula is C16H15ClN2S. The standard InChI is InChI=1S/C16H15ClN2S/c1-11-5-2-3-6-12(11)9-10-19-15-13(17)7-4-8-14(15)18-16(19)20/h2-8H,9-10H2,1H3,(H,18,20). The molecule has 0 unspecified atom stereocenters. The molecule has 0 saturated carbocycles. The van der Waals surface area contributed by atoms with Crippen LogP contribution in [0.2, 0.25) is 5.02 Å². The molecule has 0 aliphatic carbocycles. The Kier molecular flexibility index (Phi) is 3.64. The highest BCUT2D eigenvalue weighted by atomic mass is 35.5. The summed E-state index contributed by atoms with van der Waals surface area (Å²) < 4.78 is 2.81. The summed E-state index contributed by atoms with van der Waals surface area (Å²) in [6.07, 6.45) is 0.944. The van der Waals surface area contributed by atoms with E-state index in [-0.39, 0.29) is 0 Å². The molecule has 0 aliphatic heterocycles. The van der Waals surface area contributed by atoms with Crippen molar-refractivity contribution in [2.24, 2.45) is 0 Å². The van der Waals surface area contributed by atoms with Gasteiger partial charge in [0, 0.05) is 6.54 Å². The van der Waals surface area contributed by atoms with Crippen molar-refractivity contribution < 1.29 is 0 Å². The minimum atomic E-state index is 0.724. The van der Waals surface area contributed by atoms with Gasteiger partial charge in [0.25, 0.3) is 0 Å². The summed E-state index contributed by atoms with van der Waals surface area (Å²) in [5.74, 6) is 0. The van der Waals surface area contributed by atoms with Crippen LogP contribution in [0.25, 0.3) is 11.0 Å². The van der Waals surface area contributed by atoms with Gasteiger partial charge in [0.1, 0.15) is 0 Å². The Morgan fingerprint density at radius 2 is 1.95 bits per heavy atom. The molecule has 2 nitrogen and oxygen atoms in total. The third-order valence-corrected chi connectivity index (χ3v) is 4.24. The normalized spacial score (nSPS) is 11.1. The van der Waals surface area contributed by atoms with E-state index < -0.39 is 0 Å². The van der Waals surface area contributed by atoms with Crippen LogP contribution >= 0.6 is 23.8 Å². The number of aromatic nitrogens is 2. The molecule has 20 heavy (non-hydrogen) atoms. The van der Waals surface area contributed by atoms with E-state index in [9.17, 15) is 0 Å². The van der Waals surface area contributed by atoms with Gasteiger partial charge in [-0.2, -0.15) is 0 Å². The lowest BCUT2D eigenvalue weighted by Crippen LogP contribution is -2.02. The quantitative estimate of drug-likeness (QED) is 0.682. The van der Waals surface area contributed by atoms with E-state index in [0.717, 1.165) is 33.8 Å². The average molecular weight is 303 g/mol. The van der Waals surface area contributed by atoms with E-state index >= 15 is 0 Å². The molecule has 1 aromatic heterocycles. The molecule has 0 amide bonds. The number of rotatable bonds is 3. The van der Waals surface area contributed by atoms with Gasteiger partial charge in [-0.3, -0.25) is 0 Å². The predicted molar refractivity (Wildman–Crippen MR) is 87.0 cm³/mol. The zero-order valence-electron chi connectivity index (χ0n) is 11.2. The monoisotopic (exact) mass is 302 g/mol. The lowest BCUT2D eigenvalue weighted by atomic mass is 10.1. The van der Waals surface area contributed by atoms with Crippen LogP contribution in [0, 0.1) is 11.7 Å². The number of aryl methyl sites for hydroxylation is 3. The van der Waals surface area contributed by atoms with Gasteiger partial charge in [-0.25, -0.2) is 0 Å². The van der Waals surface area contributed by atoms with E-state index in [1.807, 2.05) is 18.2 Å². The van der Waals surface area contributed by atoms with Gasteiger partial charge in [-0.1, -0.05) is 41.9 Å². The smallest absolute Gasteiger partial charge is 0.178 e. The third kappa shape index (κ3) is 2.39. The van der Waals surface area contributed by atoms with Crippen LogP contribution in [-0.4, -0.2) is 9.55 Å². The highest BCUT2D eigenvalue weighted by molar-refractivity contribution is 7.71. The summed E-state index contributed by atoms with van der Waals surface area (Å²) in [5.41, 5.74) is 4.64. The predicted octanol–water partition coefficient (Wildman–Crippen LogP) is 4.90. The molecule has 4 heteroatoms. The molecule has 3 aromatic rings. The summed E-state index contributed by atoms with van der Waals surface area (Å²) in [6, 6.07) is 14.3. The average Bonchev–Trinajstić information content (AvgIpc) is 2.75. The molecular weight excluding hydrogens is 288 g/mol. The molecule has 2 aromatic carbocycles. The second kappa shape index (κ2) is 5.43. The lowest BCUT2D eigenvalue weighted by Gasteiger charge is -2.08. The fourth-order valence-electron chi connectivity index (χ4n) is 2.51. The first-order valence-corrected chi connectivity index (χ1v) is 7.37. The van der Waals surface area contributed by atoms with Crippen molar-refractivity contribution in [3.63, 3.8) is 0 Å². The van der Waals surface area contributed by atoms with E-state index in [0.29, 0.717) is 0 Å². The summed E-state index contributed by atoms with van der Waals surface area (Å²) in [6.45, 7) is 2.96. The summed E-state index contributed by atoms with van der Waals surface area (Å²) in [4.78, 5) is 3.21. The van der Waals surface area contributed by atoms with Gasteiger partial charge < -0.3 is 9.55 Å². The molecule has 1 N–H and O–H groups in total. The van der Waals surface area contributed by atoms with Crippen LogP contribution in [-0.2, 0) is 13.0 Å². The van der Waals surface area contributed by atoms with Gasteiger partial charge in [0.2, 0.25) is 0 Å². The maximum absolute atomic E-state index is 6.30. The molecule has 0 bridgehead atoms. The van der Waals surface area contributed by atoms with Crippen LogP contribution in [0.1, 0.15) is 11.1 Å². The van der Waals surface area contributed by atoms with Crippen molar-refractivity contribution in [2.75, 3.05) is 0 Å². The number of para-hydroxylation sites is 1. The summed E-state index contributed by atoms with van der Waals surface area (Å²) >= 11 is 11.7. The summed E-state index contributed by atoms with van der Waals surface area (Å²) in [5, 5.41) is 0.736. The van der Waals surface area contributed by atoms with Crippen molar-refractivity contribution in [1.29, 1.82) is 0 Å². The largest absolute Gasteiger partial charge is 0.331 e. The first-order chi connectivity index (χ1) is 9.66. The maximum Gasteiger partial charge on any atom is 0.178 e. The topological polar surface area (TPSA) is 20.7 Å². The first-order valence-electron chi connectivity index (χ1n) is 6.58. The highest BCUT2D eigenvalue weighted by Gasteiger charge is 2.08. The molecule has 0 spiro atoms. The van der Waals surface area contributed by atoms with Crippen molar-refractivity contribution in [2.45, 2.75) is 19.9 Å². The lowest BCUT2D eigenvalue weighted by molar-refractivity contribution is 0.704. The van der Waals surface area contributed by atoms with E-state index in [1.165, 1.54) is 11.1 Å². The van der Waals surface area contributed by atoms with Crippen LogP contribution in [0.15, 0.2) is 42.5 Å². The Bertz CT molecular complexity index is 817. The van der Waals surface area contributed by atoms with Gasteiger partial charge >= 0.3 is 0 Å². The first kappa shape index (κ1) is 13.4. The highest BCUT2D eigenvalue weighted by Crippen LogP contribution is 2.23. The minimum Gasteiger partial charge on any atom is -0.331 e. The number of H-pyrrole nitrogens is 1. The maximum atomic E-state index is 6.30. The number of nitrogens with one attached hydrogen (secondary N) is 1. The Morgan fingerprint density at radius 1 is 1.15 bits per heavy atom. The molecule has 102 valence electrons. The number of nitrogens with zero attached hydrogens (tertiary/aromatic N) is 1. The molecule has 1 heterocycles. The molecule has 0 fully saturated rings.